The van der Waals surface area contributed by atoms with Crippen molar-refractivity contribution in [3.8, 4) is 0 Å². The maximum atomic E-state index is 13.1. The van der Waals surface area contributed by atoms with Crippen molar-refractivity contribution < 1.29 is 21.6 Å². The Balaban J connectivity index is 1.78. The molecule has 1 aliphatic rings. The lowest BCUT2D eigenvalue weighted by atomic mass is 10.2. The quantitative estimate of drug-likeness (QED) is 0.633. The topological polar surface area (TPSA) is 104 Å². The molecule has 0 bridgehead atoms. The zero-order valence-corrected chi connectivity index (χ0v) is 20.0. The van der Waals surface area contributed by atoms with Crippen LogP contribution in [0.15, 0.2) is 57.2 Å². The van der Waals surface area contributed by atoms with Crippen molar-refractivity contribution in [2.45, 2.75) is 28.5 Å². The first-order valence-corrected chi connectivity index (χ1v) is 13.7. The molecule has 1 saturated heterocycles. The average molecular weight is 484 g/mol. The van der Waals surface area contributed by atoms with Gasteiger partial charge in [-0.05, 0) is 43.5 Å². The molecule has 0 radical (unpaired) electrons. The molecule has 1 fully saturated rings. The van der Waals surface area contributed by atoms with E-state index in [0.717, 1.165) is 10.5 Å². The predicted molar refractivity (Wildman–Crippen MR) is 121 cm³/mol. The number of nitrogens with zero attached hydrogens (tertiary/aromatic N) is 2. The molecule has 1 aliphatic heterocycles. The number of thioether (sulfide) groups is 1. The van der Waals surface area contributed by atoms with Gasteiger partial charge in [0, 0.05) is 38.0 Å². The third kappa shape index (κ3) is 5.12. The van der Waals surface area contributed by atoms with Gasteiger partial charge < -0.3 is 5.32 Å². The molecule has 168 valence electrons. The Kier molecular flexibility index (Phi) is 7.11. The number of carbonyl (C=O) groups is 1. The molecule has 0 unspecified atom stereocenters. The number of carbonyl (C=O) groups excluding carboxylic acids is 1. The van der Waals surface area contributed by atoms with Crippen LogP contribution in [0.2, 0.25) is 0 Å². The Morgan fingerprint density at radius 2 is 1.35 bits per heavy atom. The van der Waals surface area contributed by atoms with Crippen LogP contribution in [0, 0.1) is 6.92 Å². The first kappa shape index (κ1) is 23.7. The summed E-state index contributed by atoms with van der Waals surface area (Å²) in [5.74, 6) is -0.292. The molecule has 8 nitrogen and oxygen atoms in total. The molecule has 3 rings (SSSR count). The second kappa shape index (κ2) is 9.29. The van der Waals surface area contributed by atoms with E-state index < -0.39 is 20.0 Å². The van der Waals surface area contributed by atoms with E-state index in [4.69, 9.17) is 0 Å². The molecule has 2 aromatic carbocycles. The Bertz CT molecular complexity index is 1170. The summed E-state index contributed by atoms with van der Waals surface area (Å²) in [5, 5.41) is 2.66. The summed E-state index contributed by atoms with van der Waals surface area (Å²) < 4.78 is 54.6. The van der Waals surface area contributed by atoms with E-state index in [1.807, 2.05) is 13.2 Å². The second-order valence-electron chi connectivity index (χ2n) is 7.16. The molecular formula is C20H25N3O5S3. The lowest BCUT2D eigenvalue weighted by molar-refractivity contribution is -0.114. The second-order valence-corrected chi connectivity index (χ2v) is 11.9. The van der Waals surface area contributed by atoms with Crippen molar-refractivity contribution in [3.05, 3.63) is 48.0 Å². The number of benzene rings is 2. The van der Waals surface area contributed by atoms with Crippen LogP contribution in [-0.2, 0) is 24.8 Å². The van der Waals surface area contributed by atoms with Crippen LogP contribution in [-0.4, -0.2) is 63.8 Å². The number of sulfonamides is 2. The molecule has 0 atom stereocenters. The van der Waals surface area contributed by atoms with E-state index in [2.05, 4.69) is 5.32 Å². The Morgan fingerprint density at radius 3 is 1.84 bits per heavy atom. The van der Waals surface area contributed by atoms with Crippen LogP contribution < -0.4 is 5.32 Å². The highest BCUT2D eigenvalue weighted by Gasteiger charge is 2.34. The summed E-state index contributed by atoms with van der Waals surface area (Å²) in [6.45, 7) is 3.47. The van der Waals surface area contributed by atoms with Crippen molar-refractivity contribution in [1.29, 1.82) is 0 Å². The molecule has 11 heteroatoms. The van der Waals surface area contributed by atoms with Gasteiger partial charge in [0.05, 0.1) is 15.5 Å². The maximum Gasteiger partial charge on any atom is 0.243 e. The van der Waals surface area contributed by atoms with Gasteiger partial charge >= 0.3 is 0 Å². The van der Waals surface area contributed by atoms with Crippen LogP contribution in [0.5, 0.6) is 0 Å². The van der Waals surface area contributed by atoms with Gasteiger partial charge in [-0.1, -0.05) is 17.7 Å². The summed E-state index contributed by atoms with van der Waals surface area (Å²) in [6, 6.07) is 11.2. The van der Waals surface area contributed by atoms with E-state index in [1.165, 1.54) is 39.4 Å². The molecule has 0 spiro atoms. The highest BCUT2D eigenvalue weighted by molar-refractivity contribution is 7.98. The zero-order valence-electron chi connectivity index (χ0n) is 17.5. The minimum Gasteiger partial charge on any atom is -0.325 e. The number of anilines is 1. The fraction of sp³-hybridized carbons (Fsp3) is 0.350. The number of hydrogen-bond donors (Lipinski definition) is 1. The van der Waals surface area contributed by atoms with E-state index in [0.29, 0.717) is 5.69 Å². The lowest BCUT2D eigenvalue weighted by Gasteiger charge is -2.33. The third-order valence-electron chi connectivity index (χ3n) is 4.98. The number of hydrogen-bond acceptors (Lipinski definition) is 6. The molecule has 2 aromatic rings. The largest absolute Gasteiger partial charge is 0.325 e. The minimum atomic E-state index is -3.83. The average Bonchev–Trinajstić information content (AvgIpc) is 2.73. The molecule has 1 heterocycles. The van der Waals surface area contributed by atoms with Gasteiger partial charge in [-0.25, -0.2) is 16.8 Å². The number of nitrogens with one attached hydrogen (secondary N) is 1. The smallest absolute Gasteiger partial charge is 0.243 e. The van der Waals surface area contributed by atoms with Crippen molar-refractivity contribution in [3.63, 3.8) is 0 Å². The van der Waals surface area contributed by atoms with Gasteiger partial charge in [0.2, 0.25) is 26.0 Å². The summed E-state index contributed by atoms with van der Waals surface area (Å²) >= 11 is 1.40. The van der Waals surface area contributed by atoms with Crippen molar-refractivity contribution in [1.82, 2.24) is 8.61 Å². The number of aryl methyl sites for hydroxylation is 1. The van der Waals surface area contributed by atoms with Gasteiger partial charge in [-0.15, -0.1) is 11.8 Å². The van der Waals surface area contributed by atoms with E-state index in [-0.39, 0.29) is 41.9 Å². The van der Waals surface area contributed by atoms with Crippen LogP contribution >= 0.6 is 11.8 Å². The van der Waals surface area contributed by atoms with Crippen molar-refractivity contribution in [2.24, 2.45) is 0 Å². The Labute approximate surface area is 187 Å². The summed E-state index contributed by atoms with van der Waals surface area (Å²) in [5.41, 5.74) is 1.39. The Hall–Kier alpha value is -1.92. The summed E-state index contributed by atoms with van der Waals surface area (Å²) in [4.78, 5) is 12.5. The fourth-order valence-corrected chi connectivity index (χ4v) is 6.70. The van der Waals surface area contributed by atoms with Gasteiger partial charge in [0.25, 0.3) is 0 Å². The normalized spacial score (nSPS) is 16.2. The number of amides is 1. The highest BCUT2D eigenvalue weighted by Crippen LogP contribution is 2.30. The molecular weight excluding hydrogens is 458 g/mol. The third-order valence-corrected chi connectivity index (χ3v) is 9.58. The highest BCUT2D eigenvalue weighted by atomic mass is 32.2. The first-order valence-electron chi connectivity index (χ1n) is 9.58. The van der Waals surface area contributed by atoms with Crippen molar-refractivity contribution in [2.75, 3.05) is 37.8 Å². The lowest BCUT2D eigenvalue weighted by Crippen LogP contribution is -2.50. The van der Waals surface area contributed by atoms with E-state index in [1.54, 1.807) is 30.3 Å². The molecule has 0 saturated carbocycles. The van der Waals surface area contributed by atoms with Crippen LogP contribution in [0.1, 0.15) is 12.5 Å². The zero-order chi connectivity index (χ0) is 22.8. The first-order chi connectivity index (χ1) is 14.6. The number of piperazine rings is 1. The van der Waals surface area contributed by atoms with Gasteiger partial charge in [0.15, 0.2) is 0 Å². The monoisotopic (exact) mass is 483 g/mol. The summed E-state index contributed by atoms with van der Waals surface area (Å²) in [6.07, 6.45) is 1.84. The number of rotatable bonds is 6. The maximum absolute atomic E-state index is 13.1. The summed E-state index contributed by atoms with van der Waals surface area (Å²) in [7, 11) is -7.51. The van der Waals surface area contributed by atoms with E-state index in [9.17, 15) is 21.6 Å². The van der Waals surface area contributed by atoms with E-state index >= 15 is 0 Å². The standard InChI is InChI=1S/C20H25N3O5S3/c1-15-4-6-17(7-5-15)30(25,26)22-10-12-23(13-11-22)31(27,28)18-8-9-20(29-3)19(14-18)21-16(2)24/h4-9,14H,10-13H2,1-3H3,(H,21,24). The molecule has 1 N–H and O–H groups in total. The minimum absolute atomic E-state index is 0.0488. The van der Waals surface area contributed by atoms with Crippen molar-refractivity contribution >= 4 is 43.4 Å². The van der Waals surface area contributed by atoms with Crippen LogP contribution in [0.3, 0.4) is 0 Å². The predicted octanol–water partition coefficient (Wildman–Crippen LogP) is 2.37. The Morgan fingerprint density at radius 1 is 0.871 bits per heavy atom. The molecule has 1 amide bonds. The van der Waals surface area contributed by atoms with Crippen LogP contribution in [0.4, 0.5) is 5.69 Å². The van der Waals surface area contributed by atoms with Crippen LogP contribution in [0.25, 0.3) is 0 Å². The van der Waals surface area contributed by atoms with Gasteiger partial charge in [0.1, 0.15) is 0 Å². The van der Waals surface area contributed by atoms with Gasteiger partial charge in [-0.2, -0.15) is 8.61 Å². The SMILES string of the molecule is CSc1ccc(S(=O)(=O)N2CCN(S(=O)(=O)c3ccc(C)cc3)CC2)cc1NC(C)=O. The van der Waals surface area contributed by atoms with Gasteiger partial charge in [-0.3, -0.25) is 4.79 Å². The molecule has 31 heavy (non-hydrogen) atoms. The molecule has 0 aromatic heterocycles. The molecule has 0 aliphatic carbocycles. The fourth-order valence-electron chi connectivity index (χ4n) is 3.29.